The Balaban J connectivity index is 1.43. The van der Waals surface area contributed by atoms with Crippen LogP contribution in [0.2, 0.25) is 0 Å². The first-order valence-corrected chi connectivity index (χ1v) is 12.3. The highest BCUT2D eigenvalue weighted by molar-refractivity contribution is 9.10. The zero-order valence-corrected chi connectivity index (χ0v) is 20.0. The van der Waals surface area contributed by atoms with Gasteiger partial charge in [0.25, 0.3) is 0 Å². The van der Waals surface area contributed by atoms with Gasteiger partial charge in [-0.3, -0.25) is 4.79 Å². The van der Waals surface area contributed by atoms with Crippen LogP contribution in [0.4, 0.5) is 0 Å². The van der Waals surface area contributed by atoms with Crippen molar-refractivity contribution in [2.75, 3.05) is 6.61 Å². The molecule has 4 nitrogen and oxygen atoms in total. The van der Waals surface area contributed by atoms with Crippen LogP contribution >= 0.6 is 15.9 Å². The van der Waals surface area contributed by atoms with Gasteiger partial charge >= 0.3 is 0 Å². The molecule has 1 fully saturated rings. The molecule has 32 heavy (non-hydrogen) atoms. The Morgan fingerprint density at radius 1 is 0.938 bits per heavy atom. The molecule has 0 atom stereocenters. The largest absolute Gasteiger partial charge is 0.367 e. The molecule has 1 aliphatic rings. The molecule has 0 unspecified atom stereocenters. The summed E-state index contributed by atoms with van der Waals surface area (Å²) in [5.74, 6) is 0.0872. The second kappa shape index (κ2) is 11.5. The molecule has 0 saturated heterocycles. The van der Waals surface area contributed by atoms with E-state index in [1.807, 2.05) is 30.3 Å². The second-order valence-corrected chi connectivity index (χ2v) is 9.46. The minimum atomic E-state index is 0.0872. The normalized spacial score (nSPS) is 14.4. The van der Waals surface area contributed by atoms with Crippen molar-refractivity contribution in [3.63, 3.8) is 0 Å². The Kier molecular flexibility index (Phi) is 8.18. The number of aromatic nitrogens is 1. The van der Waals surface area contributed by atoms with Crippen LogP contribution in [0.5, 0.6) is 0 Å². The first kappa shape index (κ1) is 22.8. The summed E-state index contributed by atoms with van der Waals surface area (Å²) in [7, 11) is 0. The lowest BCUT2D eigenvalue weighted by Gasteiger charge is -2.34. The molecule has 0 spiro atoms. The molecule has 5 heteroatoms. The average Bonchev–Trinajstić information content (AvgIpc) is 3.26. The predicted molar refractivity (Wildman–Crippen MR) is 131 cm³/mol. The van der Waals surface area contributed by atoms with Crippen LogP contribution in [0.25, 0.3) is 0 Å². The quantitative estimate of drug-likeness (QED) is 0.356. The topological polar surface area (TPSA) is 34.5 Å². The van der Waals surface area contributed by atoms with E-state index in [1.165, 1.54) is 24.8 Å². The van der Waals surface area contributed by atoms with Gasteiger partial charge in [0.1, 0.15) is 6.61 Å². The molecule has 1 heterocycles. The summed E-state index contributed by atoms with van der Waals surface area (Å²) < 4.78 is 9.14. The molecular formula is C27H31BrN2O2. The van der Waals surface area contributed by atoms with E-state index in [0.717, 1.165) is 35.1 Å². The minimum absolute atomic E-state index is 0.0872. The van der Waals surface area contributed by atoms with Gasteiger partial charge in [0.15, 0.2) is 0 Å². The Bertz CT molecular complexity index is 978. The smallest absolute Gasteiger partial charge is 0.249 e. The predicted octanol–water partition coefficient (Wildman–Crippen LogP) is 6.18. The van der Waals surface area contributed by atoms with Crippen LogP contribution in [-0.2, 0) is 29.2 Å². The van der Waals surface area contributed by atoms with Crippen LogP contribution in [0.15, 0.2) is 77.4 Å². The molecule has 168 valence electrons. The van der Waals surface area contributed by atoms with Gasteiger partial charge in [-0.15, -0.1) is 0 Å². The first-order chi connectivity index (χ1) is 15.7. The van der Waals surface area contributed by atoms with Gasteiger partial charge in [-0.05, 0) is 48.2 Å². The minimum Gasteiger partial charge on any atom is -0.367 e. The van der Waals surface area contributed by atoms with Crippen molar-refractivity contribution < 1.29 is 9.53 Å². The summed E-state index contributed by atoms with van der Waals surface area (Å²) in [4.78, 5) is 15.3. The molecule has 3 aromatic rings. The first-order valence-electron chi connectivity index (χ1n) is 11.5. The van der Waals surface area contributed by atoms with E-state index < -0.39 is 0 Å². The maximum atomic E-state index is 13.3. The highest BCUT2D eigenvalue weighted by Gasteiger charge is 2.26. The van der Waals surface area contributed by atoms with Crippen molar-refractivity contribution in [2.24, 2.45) is 0 Å². The van der Waals surface area contributed by atoms with Crippen molar-refractivity contribution >= 4 is 21.8 Å². The number of ether oxygens (including phenoxy) is 1. The Morgan fingerprint density at radius 2 is 1.69 bits per heavy atom. The second-order valence-electron chi connectivity index (χ2n) is 8.55. The van der Waals surface area contributed by atoms with E-state index in [-0.39, 0.29) is 12.5 Å². The number of hydrogen-bond donors (Lipinski definition) is 0. The number of nitrogens with zero attached hydrogens (tertiary/aromatic N) is 2. The van der Waals surface area contributed by atoms with Crippen LogP contribution in [0.1, 0.15) is 48.9 Å². The summed E-state index contributed by atoms with van der Waals surface area (Å²) in [6, 6.07) is 22.9. The lowest BCUT2D eigenvalue weighted by atomic mass is 9.94. The summed E-state index contributed by atoms with van der Waals surface area (Å²) >= 11 is 3.50. The van der Waals surface area contributed by atoms with Gasteiger partial charge in [0.2, 0.25) is 5.91 Å². The number of carbonyl (C=O) groups is 1. The zero-order chi connectivity index (χ0) is 22.2. The summed E-state index contributed by atoms with van der Waals surface area (Å²) in [5, 5.41) is 0. The third-order valence-corrected chi connectivity index (χ3v) is 6.72. The van der Waals surface area contributed by atoms with Crippen molar-refractivity contribution in [3.05, 3.63) is 94.2 Å². The highest BCUT2D eigenvalue weighted by Crippen LogP contribution is 2.25. The Hall–Kier alpha value is -2.37. The highest BCUT2D eigenvalue weighted by atomic mass is 79.9. The molecule has 0 aliphatic heterocycles. The summed E-state index contributed by atoms with van der Waals surface area (Å²) in [6.45, 7) is 2.01. The monoisotopic (exact) mass is 494 g/mol. The molecule has 4 rings (SSSR count). The molecule has 1 saturated carbocycles. The van der Waals surface area contributed by atoms with Crippen LogP contribution < -0.4 is 0 Å². The number of amides is 1. The number of hydrogen-bond acceptors (Lipinski definition) is 2. The number of rotatable bonds is 9. The van der Waals surface area contributed by atoms with Gasteiger partial charge in [-0.25, -0.2) is 0 Å². The number of halogens is 1. The molecule has 2 aromatic carbocycles. The molecule has 1 aromatic heterocycles. The molecule has 0 bridgehead atoms. The molecule has 0 N–H and O–H groups in total. The van der Waals surface area contributed by atoms with E-state index in [4.69, 9.17) is 4.74 Å². The maximum absolute atomic E-state index is 13.3. The lowest BCUT2D eigenvalue weighted by molar-refractivity contribution is -0.140. The maximum Gasteiger partial charge on any atom is 0.249 e. The average molecular weight is 495 g/mol. The fraction of sp³-hybridized carbons (Fsp3) is 0.370. The molecular weight excluding hydrogens is 464 g/mol. The lowest BCUT2D eigenvalue weighted by Crippen LogP contribution is -2.43. The van der Waals surface area contributed by atoms with Gasteiger partial charge in [0, 0.05) is 29.0 Å². The fourth-order valence-electron chi connectivity index (χ4n) is 4.44. The van der Waals surface area contributed by atoms with E-state index >= 15 is 0 Å². The number of benzene rings is 2. The van der Waals surface area contributed by atoms with Crippen LogP contribution in [0, 0.1) is 0 Å². The van der Waals surface area contributed by atoms with Crippen molar-refractivity contribution in [2.45, 2.75) is 57.8 Å². The van der Waals surface area contributed by atoms with Crippen molar-refractivity contribution in [1.29, 1.82) is 0 Å². The van der Waals surface area contributed by atoms with E-state index in [9.17, 15) is 4.79 Å². The molecule has 0 radical (unpaired) electrons. The van der Waals surface area contributed by atoms with E-state index in [2.05, 4.69) is 68.0 Å². The third-order valence-electron chi connectivity index (χ3n) is 6.19. The Labute approximate surface area is 199 Å². The van der Waals surface area contributed by atoms with Crippen LogP contribution in [-0.4, -0.2) is 28.0 Å². The van der Waals surface area contributed by atoms with E-state index in [1.54, 1.807) is 0 Å². The molecule has 1 amide bonds. The fourth-order valence-corrected chi connectivity index (χ4v) is 4.70. The molecule has 1 aliphatic carbocycles. The van der Waals surface area contributed by atoms with Crippen molar-refractivity contribution in [3.8, 4) is 0 Å². The van der Waals surface area contributed by atoms with Crippen LogP contribution in [0.3, 0.4) is 0 Å². The number of carbonyl (C=O) groups excluding carboxylic acids is 1. The van der Waals surface area contributed by atoms with Gasteiger partial charge < -0.3 is 14.2 Å². The standard InChI is InChI=1S/C27H31BrN2O2/c28-24-15-13-22(14-16-24)18-29-17-7-12-26(29)19-30(25-10-5-2-6-11-25)27(31)21-32-20-23-8-3-1-4-9-23/h1,3-4,7-9,12-17,25H,2,5-6,10-11,18-21H2. The zero-order valence-electron chi connectivity index (χ0n) is 18.5. The summed E-state index contributed by atoms with van der Waals surface area (Å²) in [6.07, 6.45) is 7.92. The van der Waals surface area contributed by atoms with Gasteiger partial charge in [-0.2, -0.15) is 0 Å². The Morgan fingerprint density at radius 3 is 2.44 bits per heavy atom. The van der Waals surface area contributed by atoms with Gasteiger partial charge in [-0.1, -0.05) is 77.7 Å². The van der Waals surface area contributed by atoms with Crippen molar-refractivity contribution in [1.82, 2.24) is 9.47 Å². The van der Waals surface area contributed by atoms with Gasteiger partial charge in [0.05, 0.1) is 13.2 Å². The summed E-state index contributed by atoms with van der Waals surface area (Å²) in [5.41, 5.74) is 3.50. The SMILES string of the molecule is O=C(COCc1ccccc1)N(Cc1cccn1Cc1ccc(Br)cc1)C1CCCCC1. The third kappa shape index (κ3) is 6.33. The van der Waals surface area contributed by atoms with E-state index in [0.29, 0.717) is 19.2 Å².